The van der Waals surface area contributed by atoms with Gasteiger partial charge < -0.3 is 10.1 Å². The summed E-state index contributed by atoms with van der Waals surface area (Å²) in [6.07, 6.45) is 1.07. The molecule has 0 aromatic heterocycles. The van der Waals surface area contributed by atoms with Crippen LogP contribution >= 0.6 is 0 Å². The number of nitrogens with one attached hydrogen (secondary N) is 1. The average molecular weight is 244 g/mol. The molecule has 0 aliphatic carbocycles. The minimum atomic E-state index is 0.309. The quantitative estimate of drug-likeness (QED) is 0.889. The Bertz CT molecular complexity index is 421. The summed E-state index contributed by atoms with van der Waals surface area (Å²) in [4.78, 5) is 0. The minimum Gasteiger partial charge on any atom is -0.381 e. The van der Waals surface area contributed by atoms with E-state index in [2.05, 4.69) is 25.2 Å². The maximum atomic E-state index is 8.78. The van der Waals surface area contributed by atoms with Crippen molar-refractivity contribution in [2.45, 2.75) is 32.4 Å². The van der Waals surface area contributed by atoms with Crippen LogP contribution in [0.2, 0.25) is 0 Å². The van der Waals surface area contributed by atoms with E-state index in [4.69, 9.17) is 10.00 Å². The molecule has 0 bridgehead atoms. The van der Waals surface area contributed by atoms with Crippen molar-refractivity contribution >= 4 is 0 Å². The van der Waals surface area contributed by atoms with Crippen molar-refractivity contribution in [2.24, 2.45) is 5.92 Å². The fourth-order valence-corrected chi connectivity index (χ4v) is 2.39. The van der Waals surface area contributed by atoms with E-state index in [9.17, 15) is 0 Å². The largest absolute Gasteiger partial charge is 0.381 e. The van der Waals surface area contributed by atoms with E-state index in [0.29, 0.717) is 23.6 Å². The van der Waals surface area contributed by atoms with E-state index < -0.39 is 0 Å². The molecular formula is C15H20N2O. The standard InChI is InChI=1S/C15H20N2O/c1-11-10-18-8-7-15(11)17-12(2)14-5-3-13(9-16)4-6-14/h3-6,11-12,15,17H,7-8,10H2,1-2H3. The van der Waals surface area contributed by atoms with Gasteiger partial charge in [0.2, 0.25) is 0 Å². The molecule has 0 saturated carbocycles. The van der Waals surface area contributed by atoms with Gasteiger partial charge in [0.15, 0.2) is 0 Å². The van der Waals surface area contributed by atoms with Gasteiger partial charge in [0.05, 0.1) is 18.2 Å². The van der Waals surface area contributed by atoms with Crippen LogP contribution in [0.3, 0.4) is 0 Å². The highest BCUT2D eigenvalue weighted by Crippen LogP contribution is 2.20. The van der Waals surface area contributed by atoms with Crippen molar-refractivity contribution in [1.82, 2.24) is 5.32 Å². The first-order chi connectivity index (χ1) is 8.70. The lowest BCUT2D eigenvalue weighted by molar-refractivity contribution is 0.0363. The topological polar surface area (TPSA) is 45.0 Å². The van der Waals surface area contributed by atoms with Crippen LogP contribution in [0, 0.1) is 17.2 Å². The van der Waals surface area contributed by atoms with E-state index in [0.717, 1.165) is 19.6 Å². The number of ether oxygens (including phenoxy) is 1. The molecule has 3 heteroatoms. The Morgan fingerprint density at radius 1 is 1.39 bits per heavy atom. The van der Waals surface area contributed by atoms with Crippen LogP contribution in [0.5, 0.6) is 0 Å². The monoisotopic (exact) mass is 244 g/mol. The van der Waals surface area contributed by atoms with Gasteiger partial charge in [-0.2, -0.15) is 5.26 Å². The van der Waals surface area contributed by atoms with Gasteiger partial charge >= 0.3 is 0 Å². The van der Waals surface area contributed by atoms with E-state index in [-0.39, 0.29) is 0 Å². The van der Waals surface area contributed by atoms with Gasteiger partial charge in [0, 0.05) is 18.7 Å². The normalized spacial score (nSPS) is 25.4. The van der Waals surface area contributed by atoms with Crippen LogP contribution in [-0.2, 0) is 4.74 Å². The van der Waals surface area contributed by atoms with E-state index >= 15 is 0 Å². The van der Waals surface area contributed by atoms with Crippen molar-refractivity contribution in [2.75, 3.05) is 13.2 Å². The Labute approximate surface area is 109 Å². The third-order valence-electron chi connectivity index (χ3n) is 3.64. The summed E-state index contributed by atoms with van der Waals surface area (Å²) in [6, 6.07) is 10.8. The molecule has 3 atom stereocenters. The first-order valence-electron chi connectivity index (χ1n) is 6.54. The zero-order valence-corrected chi connectivity index (χ0v) is 11.0. The highest BCUT2D eigenvalue weighted by molar-refractivity contribution is 5.32. The van der Waals surface area contributed by atoms with Crippen LogP contribution in [0.15, 0.2) is 24.3 Å². The van der Waals surface area contributed by atoms with E-state index in [1.54, 1.807) is 0 Å². The van der Waals surface area contributed by atoms with E-state index in [1.807, 2.05) is 24.3 Å². The summed E-state index contributed by atoms with van der Waals surface area (Å²) in [5, 5.41) is 12.4. The van der Waals surface area contributed by atoms with E-state index in [1.165, 1.54) is 5.56 Å². The first kappa shape index (κ1) is 13.1. The number of rotatable bonds is 3. The van der Waals surface area contributed by atoms with Crippen LogP contribution < -0.4 is 5.32 Å². The molecule has 1 aliphatic heterocycles. The molecule has 2 rings (SSSR count). The third-order valence-corrected chi connectivity index (χ3v) is 3.64. The maximum absolute atomic E-state index is 8.78. The molecule has 0 amide bonds. The lowest BCUT2D eigenvalue weighted by atomic mass is 9.96. The highest BCUT2D eigenvalue weighted by Gasteiger charge is 2.23. The molecule has 1 fully saturated rings. The second-order valence-electron chi connectivity index (χ2n) is 5.07. The number of hydrogen-bond acceptors (Lipinski definition) is 3. The Morgan fingerprint density at radius 2 is 2.11 bits per heavy atom. The molecule has 1 aromatic carbocycles. The smallest absolute Gasteiger partial charge is 0.0991 e. The van der Waals surface area contributed by atoms with Crippen LogP contribution in [0.4, 0.5) is 0 Å². The third kappa shape index (κ3) is 3.10. The molecule has 1 saturated heterocycles. The molecule has 3 unspecified atom stereocenters. The van der Waals surface area contributed by atoms with Gasteiger partial charge in [-0.3, -0.25) is 0 Å². The van der Waals surface area contributed by atoms with Crippen molar-refractivity contribution in [3.8, 4) is 6.07 Å². The summed E-state index contributed by atoms with van der Waals surface area (Å²) in [5.74, 6) is 0.555. The number of nitrogens with zero attached hydrogens (tertiary/aromatic N) is 1. The number of benzene rings is 1. The van der Waals surface area contributed by atoms with Crippen molar-refractivity contribution in [3.63, 3.8) is 0 Å². The van der Waals surface area contributed by atoms with Crippen LogP contribution in [0.1, 0.15) is 37.4 Å². The first-order valence-corrected chi connectivity index (χ1v) is 6.54. The van der Waals surface area contributed by atoms with Gasteiger partial charge in [0.25, 0.3) is 0 Å². The van der Waals surface area contributed by atoms with Crippen molar-refractivity contribution < 1.29 is 4.74 Å². The van der Waals surface area contributed by atoms with Crippen molar-refractivity contribution in [3.05, 3.63) is 35.4 Å². The van der Waals surface area contributed by atoms with Gasteiger partial charge in [-0.05, 0) is 37.0 Å². The van der Waals surface area contributed by atoms with Gasteiger partial charge in [-0.25, -0.2) is 0 Å². The summed E-state index contributed by atoms with van der Waals surface area (Å²) >= 11 is 0. The molecule has 1 N–H and O–H groups in total. The summed E-state index contributed by atoms with van der Waals surface area (Å²) in [6.45, 7) is 6.09. The van der Waals surface area contributed by atoms with Crippen LogP contribution in [0.25, 0.3) is 0 Å². The summed E-state index contributed by atoms with van der Waals surface area (Å²) in [5.41, 5.74) is 1.94. The molecule has 1 heterocycles. The van der Waals surface area contributed by atoms with Crippen LogP contribution in [-0.4, -0.2) is 19.3 Å². The predicted molar refractivity (Wildman–Crippen MR) is 71.1 cm³/mol. The fraction of sp³-hybridized carbons (Fsp3) is 0.533. The minimum absolute atomic E-state index is 0.309. The maximum Gasteiger partial charge on any atom is 0.0991 e. The highest BCUT2D eigenvalue weighted by atomic mass is 16.5. The summed E-state index contributed by atoms with van der Waals surface area (Å²) in [7, 11) is 0. The lowest BCUT2D eigenvalue weighted by Gasteiger charge is -2.32. The lowest BCUT2D eigenvalue weighted by Crippen LogP contribution is -2.42. The number of hydrogen-bond donors (Lipinski definition) is 1. The number of nitriles is 1. The second-order valence-corrected chi connectivity index (χ2v) is 5.07. The van der Waals surface area contributed by atoms with Crippen molar-refractivity contribution in [1.29, 1.82) is 5.26 Å². The molecule has 0 spiro atoms. The fourth-order valence-electron chi connectivity index (χ4n) is 2.39. The molecule has 96 valence electrons. The molecule has 1 aromatic rings. The predicted octanol–water partition coefficient (Wildman–Crippen LogP) is 2.63. The molecule has 18 heavy (non-hydrogen) atoms. The molecule has 3 nitrogen and oxygen atoms in total. The van der Waals surface area contributed by atoms with Gasteiger partial charge in [0.1, 0.15) is 0 Å². The SMILES string of the molecule is CC(NC1CCOCC1C)c1ccc(C#N)cc1. The van der Waals surface area contributed by atoms with Gasteiger partial charge in [-0.15, -0.1) is 0 Å². The molecule has 1 aliphatic rings. The molecule has 0 radical (unpaired) electrons. The Kier molecular flexibility index (Phi) is 4.35. The Hall–Kier alpha value is -1.37. The van der Waals surface area contributed by atoms with Gasteiger partial charge in [-0.1, -0.05) is 19.1 Å². The molecular weight excluding hydrogens is 224 g/mol. The second kappa shape index (κ2) is 5.99. The zero-order valence-electron chi connectivity index (χ0n) is 11.0. The Morgan fingerprint density at radius 3 is 2.72 bits per heavy atom. The Balaban J connectivity index is 1.98. The average Bonchev–Trinajstić information content (AvgIpc) is 2.41. The summed E-state index contributed by atoms with van der Waals surface area (Å²) < 4.78 is 5.45. The zero-order chi connectivity index (χ0) is 13.0.